The lowest BCUT2D eigenvalue weighted by molar-refractivity contribution is -0.191. The number of rotatable bonds is 4. The topological polar surface area (TPSA) is 110 Å². The zero-order chi connectivity index (χ0) is 22.3. The summed E-state index contributed by atoms with van der Waals surface area (Å²) < 4.78 is 0. The Morgan fingerprint density at radius 3 is 2.50 bits per heavy atom. The summed E-state index contributed by atoms with van der Waals surface area (Å²) in [4.78, 5) is 44.2. The normalized spacial score (nSPS) is 15.4. The number of nitrogens with two attached hydrogens (primary N) is 1. The molecule has 2 amide bonds. The van der Waals surface area contributed by atoms with Crippen LogP contribution in [0.4, 0.5) is 5.69 Å². The minimum Gasteiger partial charge on any atom is -0.350 e. The molecule has 0 saturated heterocycles. The van der Waals surface area contributed by atoms with Crippen molar-refractivity contribution in [2.45, 2.75) is 37.4 Å². The summed E-state index contributed by atoms with van der Waals surface area (Å²) in [6.45, 7) is 4.19. The minimum atomic E-state index is -0.595. The third kappa shape index (κ3) is 6.18. The van der Waals surface area contributed by atoms with Gasteiger partial charge in [0.25, 0.3) is 5.91 Å². The lowest BCUT2D eigenvalue weighted by atomic mass is 10.1. The molecular weight excluding hydrogens is 426 g/mol. The predicted molar refractivity (Wildman–Crippen MR) is 115 cm³/mol. The Hall–Kier alpha value is -2.64. The summed E-state index contributed by atoms with van der Waals surface area (Å²) in [6.07, 6.45) is 0.250. The molecule has 158 valence electrons. The van der Waals surface area contributed by atoms with Crippen LogP contribution in [0.2, 0.25) is 5.02 Å². The maximum Gasteiger partial charge on any atom is 0.373 e. The number of nitrogens with one attached hydrogen (secondary N) is 1. The first-order chi connectivity index (χ1) is 14.3. The van der Waals surface area contributed by atoms with Crippen LogP contribution in [-0.2, 0) is 20.9 Å². The molecule has 0 saturated carbocycles. The van der Waals surface area contributed by atoms with Gasteiger partial charge in [0.1, 0.15) is 0 Å². The van der Waals surface area contributed by atoms with Crippen LogP contribution in [0.3, 0.4) is 0 Å². The van der Waals surface area contributed by atoms with Crippen LogP contribution >= 0.6 is 23.4 Å². The van der Waals surface area contributed by atoms with Crippen molar-refractivity contribution in [2.24, 2.45) is 5.73 Å². The molecule has 3 N–H and O–H groups in total. The highest BCUT2D eigenvalue weighted by Crippen LogP contribution is 2.36. The molecule has 30 heavy (non-hydrogen) atoms. The fourth-order valence-corrected chi connectivity index (χ4v) is 3.95. The quantitative estimate of drug-likeness (QED) is 0.745. The van der Waals surface area contributed by atoms with Crippen molar-refractivity contribution >= 4 is 47.0 Å². The van der Waals surface area contributed by atoms with Crippen molar-refractivity contribution < 1.29 is 19.2 Å². The molecule has 0 bridgehead atoms. The number of fused-ring (bicyclic) bond motifs is 1. The summed E-state index contributed by atoms with van der Waals surface area (Å²) in [6, 6.07) is 12.2. The number of nitrogens with zero attached hydrogens (tertiary/aromatic N) is 1. The van der Waals surface area contributed by atoms with E-state index in [4.69, 9.17) is 26.9 Å². The first-order valence-electron chi connectivity index (χ1n) is 9.15. The van der Waals surface area contributed by atoms with E-state index >= 15 is 0 Å². The van der Waals surface area contributed by atoms with Crippen molar-refractivity contribution in [3.8, 4) is 0 Å². The molecule has 3 rings (SSSR count). The van der Waals surface area contributed by atoms with Crippen LogP contribution in [-0.4, -0.2) is 35.8 Å². The lowest BCUT2D eigenvalue weighted by Crippen LogP contribution is -2.44. The van der Waals surface area contributed by atoms with Crippen LogP contribution in [0.25, 0.3) is 0 Å². The summed E-state index contributed by atoms with van der Waals surface area (Å²) in [5, 5.41) is 3.52. The smallest absolute Gasteiger partial charge is 0.350 e. The summed E-state index contributed by atoms with van der Waals surface area (Å²) in [7, 11) is 0. The summed E-state index contributed by atoms with van der Waals surface area (Å²) >= 11 is 7.49. The third-order valence-corrected chi connectivity index (χ3v) is 5.62. The number of halogens is 1. The molecule has 2 aromatic carbocycles. The molecule has 7 nitrogen and oxygen atoms in total. The molecule has 0 aliphatic carbocycles. The van der Waals surface area contributed by atoms with E-state index in [1.165, 1.54) is 11.8 Å². The summed E-state index contributed by atoms with van der Waals surface area (Å²) in [5.41, 5.74) is 8.25. The van der Waals surface area contributed by atoms with Crippen molar-refractivity contribution in [1.29, 1.82) is 0 Å². The average molecular weight is 448 g/mol. The van der Waals surface area contributed by atoms with E-state index in [-0.39, 0.29) is 24.0 Å². The molecule has 0 spiro atoms. The van der Waals surface area contributed by atoms with Gasteiger partial charge in [-0.05, 0) is 49.7 Å². The van der Waals surface area contributed by atoms with Crippen molar-refractivity contribution in [3.05, 3.63) is 58.6 Å². The highest BCUT2D eigenvalue weighted by molar-refractivity contribution is 7.99. The maximum atomic E-state index is 12.9. The van der Waals surface area contributed by atoms with E-state index in [1.54, 1.807) is 29.2 Å². The van der Waals surface area contributed by atoms with Gasteiger partial charge in [-0.2, -0.15) is 9.59 Å². The number of amides is 2. The maximum absolute atomic E-state index is 12.9. The highest BCUT2D eigenvalue weighted by Gasteiger charge is 2.29. The van der Waals surface area contributed by atoms with E-state index in [0.29, 0.717) is 28.6 Å². The molecular formula is C21H22ClN3O4S. The second kappa shape index (κ2) is 10.9. The van der Waals surface area contributed by atoms with Gasteiger partial charge in [-0.1, -0.05) is 23.7 Å². The van der Waals surface area contributed by atoms with E-state index in [1.807, 2.05) is 32.0 Å². The van der Waals surface area contributed by atoms with E-state index in [0.717, 1.165) is 10.5 Å². The number of thioether (sulfide) groups is 1. The second-order valence-corrected chi connectivity index (χ2v) is 8.36. The van der Waals surface area contributed by atoms with Crippen molar-refractivity contribution in [1.82, 2.24) is 5.32 Å². The number of carbonyl (C=O) groups excluding carboxylic acids is 4. The van der Waals surface area contributed by atoms with Crippen LogP contribution in [0.1, 0.15) is 29.8 Å². The van der Waals surface area contributed by atoms with Gasteiger partial charge in [0.05, 0.1) is 18.3 Å². The van der Waals surface area contributed by atoms with Gasteiger partial charge < -0.3 is 16.0 Å². The zero-order valence-electron chi connectivity index (χ0n) is 16.6. The molecule has 1 aliphatic heterocycles. The van der Waals surface area contributed by atoms with Gasteiger partial charge >= 0.3 is 6.15 Å². The van der Waals surface area contributed by atoms with Crippen LogP contribution in [0.5, 0.6) is 0 Å². The molecule has 2 aromatic rings. The second-order valence-electron chi connectivity index (χ2n) is 6.86. The fourth-order valence-electron chi connectivity index (χ4n) is 2.84. The molecule has 0 aromatic heterocycles. The molecule has 1 heterocycles. The number of benzene rings is 2. The van der Waals surface area contributed by atoms with Crippen LogP contribution in [0.15, 0.2) is 47.4 Å². The Morgan fingerprint density at radius 1 is 1.27 bits per heavy atom. The monoisotopic (exact) mass is 447 g/mol. The van der Waals surface area contributed by atoms with Crippen molar-refractivity contribution in [2.75, 3.05) is 10.7 Å². The van der Waals surface area contributed by atoms with Crippen molar-refractivity contribution in [3.63, 3.8) is 0 Å². The number of hydrogen-bond acceptors (Lipinski definition) is 6. The fraction of sp³-hybridized carbons (Fsp3) is 0.286. The Kier molecular flexibility index (Phi) is 8.62. The first kappa shape index (κ1) is 23.6. The number of carbonyl (C=O) groups is 2. The minimum absolute atomic E-state index is 0.0332. The Morgan fingerprint density at radius 2 is 1.90 bits per heavy atom. The third-order valence-electron chi connectivity index (χ3n) is 4.19. The molecule has 0 radical (unpaired) electrons. The molecule has 9 heteroatoms. The largest absolute Gasteiger partial charge is 0.373 e. The zero-order valence-corrected chi connectivity index (χ0v) is 18.1. The van der Waals surface area contributed by atoms with E-state index < -0.39 is 6.04 Å². The van der Waals surface area contributed by atoms with Crippen LogP contribution in [0, 0.1) is 0 Å². The highest BCUT2D eigenvalue weighted by atomic mass is 35.5. The van der Waals surface area contributed by atoms with Gasteiger partial charge in [0, 0.05) is 27.3 Å². The van der Waals surface area contributed by atoms with Gasteiger partial charge in [0.2, 0.25) is 5.91 Å². The number of anilines is 1. The van der Waals surface area contributed by atoms with Crippen LogP contribution < -0.4 is 16.0 Å². The molecule has 1 atom stereocenters. The Balaban J connectivity index is 0.00000101. The average Bonchev–Trinajstić information content (AvgIpc) is 2.81. The Labute approximate surface area is 183 Å². The van der Waals surface area contributed by atoms with Gasteiger partial charge in [-0.3, -0.25) is 9.59 Å². The molecule has 1 aliphatic rings. The standard InChI is InChI=1S/C20H22ClN3O2S.CO2/c1-12(2)23-19(25)14-5-8-18-17(9-14)24(20(26)16(22)11-27-18)10-13-3-6-15(21)7-4-13;2-1-3/h3-9,12,16H,10-11,22H2,1-2H3,(H,23,25);/t16-;/m0./s1. The SMILES string of the molecule is CC(C)NC(=O)c1ccc2c(c1)N(Cc1ccc(Cl)cc1)C(=O)[C@@H](N)CS2.O=C=O. The number of hydrogen-bond donors (Lipinski definition) is 2. The van der Waals surface area contributed by atoms with Gasteiger partial charge in [0.15, 0.2) is 0 Å². The lowest BCUT2D eigenvalue weighted by Gasteiger charge is -2.25. The predicted octanol–water partition coefficient (Wildman–Crippen LogP) is 2.86. The Bertz CT molecular complexity index is 944. The van der Waals surface area contributed by atoms with E-state index in [9.17, 15) is 9.59 Å². The van der Waals surface area contributed by atoms with E-state index in [2.05, 4.69) is 5.32 Å². The summed E-state index contributed by atoms with van der Waals surface area (Å²) in [5.74, 6) is 0.184. The van der Waals surface area contributed by atoms with Gasteiger partial charge in [-0.25, -0.2) is 0 Å². The first-order valence-corrected chi connectivity index (χ1v) is 10.5. The molecule has 0 unspecified atom stereocenters. The van der Waals surface area contributed by atoms with Gasteiger partial charge in [-0.15, -0.1) is 11.8 Å². The molecule has 0 fully saturated rings.